The van der Waals surface area contributed by atoms with Gasteiger partial charge in [-0.05, 0) is 43.3 Å². The zero-order valence-corrected chi connectivity index (χ0v) is 12.5. The summed E-state index contributed by atoms with van der Waals surface area (Å²) >= 11 is 5.75. The standard InChI is InChI=1S/C13H19ClN2O2S/c1-2-15-9-3-10-16-19(17,18)11-8-12-4-6-13(14)7-5-12/h4-8,11,15-16H,2-3,9-10H2,1H3/b11-8+. The third-order valence-corrected chi connectivity index (χ3v) is 3.75. The van der Waals surface area contributed by atoms with Crippen molar-refractivity contribution in [2.45, 2.75) is 13.3 Å². The summed E-state index contributed by atoms with van der Waals surface area (Å²) in [5.41, 5.74) is 0.794. The van der Waals surface area contributed by atoms with Gasteiger partial charge in [0.2, 0.25) is 10.0 Å². The first-order valence-electron chi connectivity index (χ1n) is 6.17. The van der Waals surface area contributed by atoms with E-state index in [-0.39, 0.29) is 0 Å². The van der Waals surface area contributed by atoms with Gasteiger partial charge >= 0.3 is 0 Å². The molecule has 2 N–H and O–H groups in total. The molecule has 0 saturated carbocycles. The Bertz CT molecular complexity index is 498. The van der Waals surface area contributed by atoms with Crippen LogP contribution in [0.1, 0.15) is 18.9 Å². The van der Waals surface area contributed by atoms with E-state index < -0.39 is 10.0 Å². The van der Waals surface area contributed by atoms with Crippen molar-refractivity contribution in [2.75, 3.05) is 19.6 Å². The molecule has 0 spiro atoms. The van der Waals surface area contributed by atoms with Crippen LogP contribution < -0.4 is 10.0 Å². The Kier molecular flexibility index (Phi) is 7.09. The molecular formula is C13H19ClN2O2S. The quantitative estimate of drug-likeness (QED) is 0.724. The second kappa shape index (κ2) is 8.32. The summed E-state index contributed by atoms with van der Waals surface area (Å²) < 4.78 is 25.8. The Morgan fingerprint density at radius 3 is 2.53 bits per heavy atom. The SMILES string of the molecule is CCNCCCNS(=O)(=O)/C=C/c1ccc(Cl)cc1. The summed E-state index contributed by atoms with van der Waals surface area (Å²) in [7, 11) is -3.37. The molecule has 0 aliphatic heterocycles. The Hall–Kier alpha value is -0.880. The fourth-order valence-corrected chi connectivity index (χ4v) is 2.38. The normalized spacial score (nSPS) is 12.1. The van der Waals surface area contributed by atoms with Gasteiger partial charge in [0.15, 0.2) is 0 Å². The molecule has 0 saturated heterocycles. The molecule has 19 heavy (non-hydrogen) atoms. The number of hydrogen-bond acceptors (Lipinski definition) is 3. The van der Waals surface area contributed by atoms with Crippen molar-refractivity contribution in [3.8, 4) is 0 Å². The minimum atomic E-state index is -3.37. The monoisotopic (exact) mass is 302 g/mol. The molecule has 106 valence electrons. The van der Waals surface area contributed by atoms with E-state index in [9.17, 15) is 8.42 Å². The third-order valence-electron chi connectivity index (χ3n) is 2.39. The van der Waals surface area contributed by atoms with Gasteiger partial charge in [0.05, 0.1) is 0 Å². The van der Waals surface area contributed by atoms with Crippen molar-refractivity contribution < 1.29 is 8.42 Å². The Morgan fingerprint density at radius 2 is 1.89 bits per heavy atom. The van der Waals surface area contributed by atoms with Crippen LogP contribution in [0.25, 0.3) is 6.08 Å². The van der Waals surface area contributed by atoms with E-state index in [1.165, 1.54) is 5.41 Å². The number of hydrogen-bond donors (Lipinski definition) is 2. The van der Waals surface area contributed by atoms with Gasteiger partial charge in [-0.2, -0.15) is 0 Å². The molecule has 1 rings (SSSR count). The predicted molar refractivity (Wildman–Crippen MR) is 80.6 cm³/mol. The molecule has 0 aliphatic rings. The summed E-state index contributed by atoms with van der Waals surface area (Å²) in [5, 5.41) is 4.93. The zero-order chi connectivity index (χ0) is 14.1. The molecule has 0 heterocycles. The topological polar surface area (TPSA) is 58.2 Å². The Morgan fingerprint density at radius 1 is 1.21 bits per heavy atom. The van der Waals surface area contributed by atoms with Crippen molar-refractivity contribution in [3.05, 3.63) is 40.3 Å². The molecular weight excluding hydrogens is 284 g/mol. The summed E-state index contributed by atoms with van der Waals surface area (Å²) in [6.45, 7) is 4.14. The Balaban J connectivity index is 2.43. The lowest BCUT2D eigenvalue weighted by Gasteiger charge is -2.03. The number of sulfonamides is 1. The number of benzene rings is 1. The van der Waals surface area contributed by atoms with Gasteiger partial charge in [0, 0.05) is 17.0 Å². The van der Waals surface area contributed by atoms with Gasteiger partial charge in [-0.25, -0.2) is 13.1 Å². The molecule has 1 aromatic carbocycles. The first-order chi connectivity index (χ1) is 9.03. The molecule has 0 amide bonds. The summed E-state index contributed by atoms with van der Waals surface area (Å²) in [6.07, 6.45) is 2.31. The molecule has 0 fully saturated rings. The lowest BCUT2D eigenvalue weighted by molar-refractivity contribution is 0.584. The Labute approximate surface area is 119 Å². The molecule has 0 unspecified atom stereocenters. The fraction of sp³-hybridized carbons (Fsp3) is 0.385. The third kappa shape index (κ3) is 7.32. The molecule has 1 aromatic rings. The first-order valence-corrected chi connectivity index (χ1v) is 8.10. The molecule has 0 aliphatic carbocycles. The summed E-state index contributed by atoms with van der Waals surface area (Å²) in [5.74, 6) is 0. The van der Waals surface area contributed by atoms with E-state index in [0.717, 1.165) is 25.1 Å². The van der Waals surface area contributed by atoms with Gasteiger partial charge in [0.25, 0.3) is 0 Å². The molecule has 0 aromatic heterocycles. The first kappa shape index (κ1) is 16.2. The van der Waals surface area contributed by atoms with Crippen molar-refractivity contribution in [3.63, 3.8) is 0 Å². The van der Waals surface area contributed by atoms with Crippen LogP contribution in [0, 0.1) is 0 Å². The largest absolute Gasteiger partial charge is 0.317 e. The highest BCUT2D eigenvalue weighted by molar-refractivity contribution is 7.92. The van der Waals surface area contributed by atoms with E-state index in [2.05, 4.69) is 10.0 Å². The van der Waals surface area contributed by atoms with E-state index in [4.69, 9.17) is 11.6 Å². The zero-order valence-electron chi connectivity index (χ0n) is 10.9. The number of nitrogens with one attached hydrogen (secondary N) is 2. The predicted octanol–water partition coefficient (Wildman–Crippen LogP) is 2.23. The van der Waals surface area contributed by atoms with E-state index >= 15 is 0 Å². The minimum absolute atomic E-state index is 0.431. The van der Waals surface area contributed by atoms with Crippen molar-refractivity contribution in [1.82, 2.24) is 10.0 Å². The van der Waals surface area contributed by atoms with Crippen LogP contribution in [-0.2, 0) is 10.0 Å². The van der Waals surface area contributed by atoms with Crippen LogP contribution in [0.3, 0.4) is 0 Å². The van der Waals surface area contributed by atoms with Crippen molar-refractivity contribution in [1.29, 1.82) is 0 Å². The molecule has 4 nitrogen and oxygen atoms in total. The van der Waals surface area contributed by atoms with Gasteiger partial charge < -0.3 is 5.32 Å². The number of halogens is 1. The number of rotatable bonds is 8. The average Bonchev–Trinajstić information content (AvgIpc) is 2.38. The average molecular weight is 303 g/mol. The maximum absolute atomic E-state index is 11.7. The van der Waals surface area contributed by atoms with Crippen LogP contribution in [0.15, 0.2) is 29.7 Å². The van der Waals surface area contributed by atoms with Crippen LogP contribution in [0.4, 0.5) is 0 Å². The molecule has 0 bridgehead atoms. The van der Waals surface area contributed by atoms with Crippen LogP contribution in [0.5, 0.6) is 0 Å². The van der Waals surface area contributed by atoms with E-state index in [0.29, 0.717) is 11.6 Å². The van der Waals surface area contributed by atoms with Gasteiger partial charge in [-0.1, -0.05) is 30.7 Å². The van der Waals surface area contributed by atoms with E-state index in [1.54, 1.807) is 30.3 Å². The second-order valence-electron chi connectivity index (χ2n) is 4.00. The minimum Gasteiger partial charge on any atom is -0.317 e. The molecule has 0 radical (unpaired) electrons. The van der Waals surface area contributed by atoms with Gasteiger partial charge in [-0.3, -0.25) is 0 Å². The maximum atomic E-state index is 11.7. The lowest BCUT2D eigenvalue weighted by atomic mass is 10.2. The van der Waals surface area contributed by atoms with Crippen LogP contribution >= 0.6 is 11.6 Å². The summed E-state index contributed by atoms with van der Waals surface area (Å²) in [4.78, 5) is 0. The molecule has 6 heteroatoms. The molecule has 0 atom stereocenters. The second-order valence-corrected chi connectivity index (χ2v) is 6.09. The van der Waals surface area contributed by atoms with Crippen molar-refractivity contribution in [2.24, 2.45) is 0 Å². The van der Waals surface area contributed by atoms with Gasteiger partial charge in [0.1, 0.15) is 0 Å². The van der Waals surface area contributed by atoms with Crippen LogP contribution in [-0.4, -0.2) is 28.1 Å². The van der Waals surface area contributed by atoms with Crippen molar-refractivity contribution >= 4 is 27.7 Å². The highest BCUT2D eigenvalue weighted by Crippen LogP contribution is 2.10. The maximum Gasteiger partial charge on any atom is 0.233 e. The fourth-order valence-electron chi connectivity index (χ4n) is 1.39. The van der Waals surface area contributed by atoms with E-state index in [1.807, 2.05) is 6.92 Å². The summed E-state index contributed by atoms with van der Waals surface area (Å²) in [6, 6.07) is 6.97. The van der Waals surface area contributed by atoms with Crippen LogP contribution in [0.2, 0.25) is 5.02 Å². The lowest BCUT2D eigenvalue weighted by Crippen LogP contribution is -2.25. The highest BCUT2D eigenvalue weighted by atomic mass is 35.5. The highest BCUT2D eigenvalue weighted by Gasteiger charge is 2.03. The van der Waals surface area contributed by atoms with Gasteiger partial charge in [-0.15, -0.1) is 0 Å². The smallest absolute Gasteiger partial charge is 0.233 e.